The largest absolute Gasteiger partial charge is 0.481 e. The van der Waals surface area contributed by atoms with E-state index < -0.39 is 16.0 Å². The van der Waals surface area contributed by atoms with Crippen molar-refractivity contribution in [2.75, 3.05) is 36.4 Å². The van der Waals surface area contributed by atoms with Crippen LogP contribution in [0.1, 0.15) is 11.3 Å². The first-order valence-corrected chi connectivity index (χ1v) is 12.1. The number of hydrogen-bond donors (Lipinski definition) is 2. The lowest BCUT2D eigenvalue weighted by Gasteiger charge is -2.34. The van der Waals surface area contributed by atoms with Crippen LogP contribution in [-0.2, 0) is 21.2 Å². The fourth-order valence-corrected chi connectivity index (χ4v) is 5.09. The zero-order valence-corrected chi connectivity index (χ0v) is 19.3. The number of nitrogens with zero attached hydrogens (tertiary/aromatic N) is 4. The summed E-state index contributed by atoms with van der Waals surface area (Å²) >= 11 is 0. The molecule has 11 heteroatoms. The number of rotatable bonds is 7. The van der Waals surface area contributed by atoms with Gasteiger partial charge in [0.1, 0.15) is 11.6 Å². The number of aromatic nitrogens is 2. The summed E-state index contributed by atoms with van der Waals surface area (Å²) in [6.45, 7) is 3.19. The molecule has 2 heterocycles. The van der Waals surface area contributed by atoms with Crippen molar-refractivity contribution in [1.29, 1.82) is 0 Å². The Kier molecular flexibility index (Phi) is 6.75. The number of carboxylic acid groups (broad SMARTS) is 1. The van der Waals surface area contributed by atoms with Crippen LogP contribution < -0.4 is 10.2 Å². The molecule has 0 unspecified atom stereocenters. The van der Waals surface area contributed by atoms with Gasteiger partial charge in [-0.3, -0.25) is 4.79 Å². The van der Waals surface area contributed by atoms with Gasteiger partial charge in [0.25, 0.3) is 0 Å². The van der Waals surface area contributed by atoms with Crippen LogP contribution in [-0.4, -0.2) is 59.9 Å². The van der Waals surface area contributed by atoms with Crippen molar-refractivity contribution in [1.82, 2.24) is 14.3 Å². The van der Waals surface area contributed by atoms with Gasteiger partial charge in [0, 0.05) is 43.6 Å². The quantitative estimate of drug-likeness (QED) is 0.525. The van der Waals surface area contributed by atoms with Gasteiger partial charge in [0.15, 0.2) is 0 Å². The number of aryl methyl sites for hydroxylation is 1. The van der Waals surface area contributed by atoms with Crippen LogP contribution in [0.2, 0.25) is 0 Å². The van der Waals surface area contributed by atoms with Crippen LogP contribution in [0.15, 0.2) is 59.5 Å². The van der Waals surface area contributed by atoms with Crippen LogP contribution in [0.3, 0.4) is 0 Å². The number of nitrogens with one attached hydrogen (secondary N) is 1. The maximum absolute atomic E-state index is 13.2. The van der Waals surface area contributed by atoms with Gasteiger partial charge in [0.05, 0.1) is 11.3 Å². The monoisotopic (exact) mass is 485 g/mol. The Morgan fingerprint density at radius 1 is 1.03 bits per heavy atom. The third-order valence-electron chi connectivity index (χ3n) is 5.40. The summed E-state index contributed by atoms with van der Waals surface area (Å²) in [5.74, 6) is -0.249. The maximum atomic E-state index is 13.2. The Labute approximate surface area is 196 Å². The van der Waals surface area contributed by atoms with Crippen LogP contribution in [0.25, 0.3) is 0 Å². The third kappa shape index (κ3) is 5.49. The van der Waals surface area contributed by atoms with E-state index in [1.165, 1.54) is 40.7 Å². The van der Waals surface area contributed by atoms with Crippen LogP contribution in [0.4, 0.5) is 21.8 Å². The summed E-state index contributed by atoms with van der Waals surface area (Å²) in [4.78, 5) is 21.9. The highest BCUT2D eigenvalue weighted by atomic mass is 32.2. The summed E-state index contributed by atoms with van der Waals surface area (Å²) in [5.41, 5.74) is 1.97. The van der Waals surface area contributed by atoms with Gasteiger partial charge in [-0.15, -0.1) is 0 Å². The SMILES string of the molecule is Cc1cc(Nc2ccc(F)cc2)nc(N2CCN(S(=O)(=O)c3ccc(CC(=O)O)cc3)CC2)n1. The van der Waals surface area contributed by atoms with Gasteiger partial charge in [-0.25, -0.2) is 17.8 Å². The molecule has 0 amide bonds. The molecule has 1 fully saturated rings. The van der Waals surface area contributed by atoms with E-state index in [1.54, 1.807) is 18.2 Å². The van der Waals surface area contributed by atoms with Crippen molar-refractivity contribution in [2.45, 2.75) is 18.2 Å². The highest BCUT2D eigenvalue weighted by molar-refractivity contribution is 7.89. The molecule has 1 aromatic heterocycles. The molecular formula is C23H24FN5O4S. The molecule has 3 aromatic rings. The Bertz CT molecular complexity index is 1280. The molecule has 178 valence electrons. The Morgan fingerprint density at radius 2 is 1.68 bits per heavy atom. The molecular weight excluding hydrogens is 461 g/mol. The Morgan fingerprint density at radius 3 is 2.29 bits per heavy atom. The number of anilines is 3. The molecule has 34 heavy (non-hydrogen) atoms. The molecule has 0 radical (unpaired) electrons. The fourth-order valence-electron chi connectivity index (χ4n) is 3.67. The predicted molar refractivity (Wildman–Crippen MR) is 125 cm³/mol. The molecule has 1 aliphatic rings. The summed E-state index contributed by atoms with van der Waals surface area (Å²) in [6.07, 6.45) is -0.159. The Balaban J connectivity index is 1.43. The molecule has 2 aromatic carbocycles. The predicted octanol–water partition coefficient (Wildman–Crippen LogP) is 2.81. The molecule has 1 aliphatic heterocycles. The van der Waals surface area contributed by atoms with Crippen LogP contribution >= 0.6 is 0 Å². The molecule has 0 bridgehead atoms. The van der Waals surface area contributed by atoms with Gasteiger partial charge >= 0.3 is 5.97 Å². The van der Waals surface area contributed by atoms with Crippen molar-refractivity contribution in [3.63, 3.8) is 0 Å². The lowest BCUT2D eigenvalue weighted by atomic mass is 10.2. The molecule has 4 rings (SSSR count). The van der Waals surface area contributed by atoms with Crippen LogP contribution in [0, 0.1) is 12.7 Å². The lowest BCUT2D eigenvalue weighted by Crippen LogP contribution is -2.49. The second-order valence-electron chi connectivity index (χ2n) is 7.93. The van der Waals surface area contributed by atoms with Gasteiger partial charge in [-0.05, 0) is 48.9 Å². The van der Waals surface area contributed by atoms with Gasteiger partial charge in [-0.1, -0.05) is 12.1 Å². The second-order valence-corrected chi connectivity index (χ2v) is 9.87. The van der Waals surface area contributed by atoms with Crippen molar-refractivity contribution in [3.8, 4) is 0 Å². The van der Waals surface area contributed by atoms with Crippen molar-refractivity contribution in [2.24, 2.45) is 0 Å². The van der Waals surface area contributed by atoms with Crippen molar-refractivity contribution in [3.05, 3.63) is 71.7 Å². The summed E-state index contributed by atoms with van der Waals surface area (Å²) in [5, 5.41) is 12.0. The number of carbonyl (C=O) groups is 1. The highest BCUT2D eigenvalue weighted by Crippen LogP contribution is 2.22. The first kappa shape index (κ1) is 23.6. The molecule has 9 nitrogen and oxygen atoms in total. The van der Waals surface area contributed by atoms with Crippen molar-refractivity contribution < 1.29 is 22.7 Å². The highest BCUT2D eigenvalue weighted by Gasteiger charge is 2.29. The van der Waals surface area contributed by atoms with E-state index in [2.05, 4.69) is 15.3 Å². The number of benzene rings is 2. The number of sulfonamides is 1. The molecule has 0 spiro atoms. The topological polar surface area (TPSA) is 116 Å². The summed E-state index contributed by atoms with van der Waals surface area (Å²) in [7, 11) is -3.70. The number of piperazine rings is 1. The average molecular weight is 486 g/mol. The minimum atomic E-state index is -3.70. The fraction of sp³-hybridized carbons (Fsp3) is 0.261. The minimum absolute atomic E-state index is 0.132. The van der Waals surface area contributed by atoms with E-state index in [4.69, 9.17) is 5.11 Å². The zero-order chi connectivity index (χ0) is 24.3. The first-order valence-electron chi connectivity index (χ1n) is 10.6. The number of hydrogen-bond acceptors (Lipinski definition) is 7. The van der Waals surface area contributed by atoms with Gasteiger partial charge in [0.2, 0.25) is 16.0 Å². The van der Waals surface area contributed by atoms with E-state index in [1.807, 2.05) is 11.8 Å². The normalized spacial score (nSPS) is 14.7. The average Bonchev–Trinajstić information content (AvgIpc) is 2.80. The van der Waals surface area contributed by atoms with E-state index in [-0.39, 0.29) is 30.2 Å². The third-order valence-corrected chi connectivity index (χ3v) is 7.31. The first-order chi connectivity index (χ1) is 16.2. The van der Waals surface area contributed by atoms with E-state index in [9.17, 15) is 17.6 Å². The van der Waals surface area contributed by atoms with E-state index in [0.717, 1.165) is 5.69 Å². The number of halogens is 1. The number of aliphatic carboxylic acids is 1. The molecule has 1 saturated heterocycles. The van der Waals surface area contributed by atoms with Gasteiger partial charge < -0.3 is 15.3 Å². The van der Waals surface area contributed by atoms with E-state index in [0.29, 0.717) is 36.1 Å². The van der Waals surface area contributed by atoms with E-state index >= 15 is 0 Å². The minimum Gasteiger partial charge on any atom is -0.481 e. The molecule has 0 aliphatic carbocycles. The molecule has 0 saturated carbocycles. The number of carboxylic acids is 1. The second kappa shape index (κ2) is 9.74. The lowest BCUT2D eigenvalue weighted by molar-refractivity contribution is -0.136. The smallest absolute Gasteiger partial charge is 0.307 e. The summed E-state index contributed by atoms with van der Waals surface area (Å²) in [6, 6.07) is 13.7. The molecule has 2 N–H and O–H groups in total. The maximum Gasteiger partial charge on any atom is 0.307 e. The van der Waals surface area contributed by atoms with Crippen LogP contribution in [0.5, 0.6) is 0 Å². The molecule has 0 atom stereocenters. The summed E-state index contributed by atoms with van der Waals surface area (Å²) < 4.78 is 40.6. The van der Waals surface area contributed by atoms with Crippen molar-refractivity contribution >= 4 is 33.4 Å². The Hall–Kier alpha value is -3.57. The van der Waals surface area contributed by atoms with Gasteiger partial charge in [-0.2, -0.15) is 9.29 Å². The zero-order valence-electron chi connectivity index (χ0n) is 18.5. The standard InChI is InChI=1S/C23H24FN5O4S/c1-16-14-21(26-19-6-4-18(24)5-7-19)27-23(25-16)28-10-12-29(13-11-28)34(32,33)20-8-2-17(3-9-20)15-22(30)31/h2-9,14H,10-13,15H2,1H3,(H,30,31)(H,25,26,27).